The number of nitro benzene ring substituents is 1. The number of carbonyl (C=O) groups excluding carboxylic acids is 1. The number of para-hydroxylation sites is 1. The van der Waals surface area contributed by atoms with Crippen molar-refractivity contribution in [3.63, 3.8) is 0 Å². The minimum Gasteiger partial charge on any atom is -0.456 e. The highest BCUT2D eigenvalue weighted by atomic mass is 16.6. The van der Waals surface area contributed by atoms with Gasteiger partial charge in [-0.1, -0.05) is 61.9 Å². The lowest BCUT2D eigenvalue weighted by Gasteiger charge is -2.20. The molecule has 36 heavy (non-hydrogen) atoms. The number of aromatic nitrogens is 2. The van der Waals surface area contributed by atoms with E-state index in [2.05, 4.69) is 6.92 Å². The Kier molecular flexibility index (Phi) is 7.20. The van der Waals surface area contributed by atoms with E-state index in [1.54, 1.807) is 12.1 Å². The zero-order chi connectivity index (χ0) is 25.9. The molecule has 0 N–H and O–H groups in total. The number of rotatable bonds is 8. The molecule has 0 saturated carbocycles. The normalized spacial score (nSPS) is 11.6. The Labute approximate surface area is 210 Å². The van der Waals surface area contributed by atoms with Crippen molar-refractivity contribution in [3.05, 3.63) is 93.8 Å². The predicted molar refractivity (Wildman–Crippen MR) is 141 cm³/mol. The van der Waals surface area contributed by atoms with Crippen LogP contribution < -0.4 is 0 Å². The van der Waals surface area contributed by atoms with Crippen LogP contribution in [0.2, 0.25) is 0 Å². The topological polar surface area (TPSA) is 87.3 Å². The number of nitro groups is 1. The molecule has 4 rings (SSSR count). The molecule has 0 atom stereocenters. The zero-order valence-corrected chi connectivity index (χ0v) is 21.2. The SMILES string of the molecule is CCCCc1nc2cccc([N+](=O)[O-])c2n1Cc1ccc(-c2ccccc2C(=O)OC(C)(C)C)cc1. The van der Waals surface area contributed by atoms with Crippen molar-refractivity contribution in [3.8, 4) is 11.1 Å². The first kappa shape index (κ1) is 25.1. The fraction of sp³-hybridized carbons (Fsp3) is 0.310. The third-order valence-electron chi connectivity index (χ3n) is 5.93. The molecular formula is C29H31N3O4. The van der Waals surface area contributed by atoms with Crippen LogP contribution in [0, 0.1) is 10.1 Å². The largest absolute Gasteiger partial charge is 0.456 e. The van der Waals surface area contributed by atoms with Gasteiger partial charge in [0, 0.05) is 19.0 Å². The first-order valence-electron chi connectivity index (χ1n) is 12.2. The summed E-state index contributed by atoms with van der Waals surface area (Å²) in [6.07, 6.45) is 2.72. The molecule has 0 aliphatic carbocycles. The van der Waals surface area contributed by atoms with Crippen molar-refractivity contribution in [1.29, 1.82) is 0 Å². The summed E-state index contributed by atoms with van der Waals surface area (Å²) < 4.78 is 7.56. The van der Waals surface area contributed by atoms with Crippen molar-refractivity contribution in [2.75, 3.05) is 0 Å². The van der Waals surface area contributed by atoms with Gasteiger partial charge >= 0.3 is 5.97 Å². The maximum atomic E-state index is 12.8. The Morgan fingerprint density at radius 1 is 1.03 bits per heavy atom. The minimum absolute atomic E-state index is 0.0608. The number of nitrogens with zero attached hydrogens (tertiary/aromatic N) is 3. The van der Waals surface area contributed by atoms with Gasteiger partial charge in [0.15, 0.2) is 0 Å². The number of aryl methyl sites for hydroxylation is 1. The number of carbonyl (C=O) groups is 1. The lowest BCUT2D eigenvalue weighted by atomic mass is 9.98. The summed E-state index contributed by atoms with van der Waals surface area (Å²) in [6.45, 7) is 8.13. The van der Waals surface area contributed by atoms with Crippen LogP contribution in [-0.2, 0) is 17.7 Å². The number of non-ortho nitro benzene ring substituents is 1. The van der Waals surface area contributed by atoms with Gasteiger partial charge in [-0.05, 0) is 56.0 Å². The summed E-state index contributed by atoms with van der Waals surface area (Å²) in [6, 6.07) is 20.4. The van der Waals surface area contributed by atoms with E-state index >= 15 is 0 Å². The van der Waals surface area contributed by atoms with Gasteiger partial charge in [-0.15, -0.1) is 0 Å². The molecule has 0 fully saturated rings. The lowest BCUT2D eigenvalue weighted by Crippen LogP contribution is -2.24. The van der Waals surface area contributed by atoms with Gasteiger partial charge in [0.25, 0.3) is 5.69 Å². The number of fused-ring (bicyclic) bond motifs is 1. The molecule has 0 aliphatic heterocycles. The van der Waals surface area contributed by atoms with Gasteiger partial charge in [-0.3, -0.25) is 10.1 Å². The molecule has 0 aliphatic rings. The quantitative estimate of drug-likeness (QED) is 0.153. The molecule has 0 amide bonds. The summed E-state index contributed by atoms with van der Waals surface area (Å²) >= 11 is 0. The van der Waals surface area contributed by atoms with Crippen LogP contribution >= 0.6 is 0 Å². The molecule has 0 bridgehead atoms. The number of unbranched alkanes of at least 4 members (excludes halogenated alkanes) is 1. The second-order valence-corrected chi connectivity index (χ2v) is 9.86. The number of esters is 1. The number of hydrogen-bond acceptors (Lipinski definition) is 5. The molecule has 1 heterocycles. The van der Waals surface area contributed by atoms with Crippen LogP contribution in [0.4, 0.5) is 5.69 Å². The Hall–Kier alpha value is -4.00. The van der Waals surface area contributed by atoms with Crippen molar-refractivity contribution in [2.45, 2.75) is 59.1 Å². The van der Waals surface area contributed by atoms with Gasteiger partial charge in [0.2, 0.25) is 0 Å². The molecule has 4 aromatic rings. The Morgan fingerprint density at radius 3 is 2.42 bits per heavy atom. The van der Waals surface area contributed by atoms with Crippen LogP contribution in [0.5, 0.6) is 0 Å². The Balaban J connectivity index is 1.69. The summed E-state index contributed by atoms with van der Waals surface area (Å²) in [5, 5.41) is 11.7. The van der Waals surface area contributed by atoms with Crippen LogP contribution in [0.15, 0.2) is 66.7 Å². The highest BCUT2D eigenvalue weighted by Crippen LogP contribution is 2.30. The Morgan fingerprint density at radius 2 is 1.75 bits per heavy atom. The molecule has 7 nitrogen and oxygen atoms in total. The summed E-state index contributed by atoms with van der Waals surface area (Å²) in [7, 11) is 0. The van der Waals surface area contributed by atoms with E-state index in [4.69, 9.17) is 9.72 Å². The van der Waals surface area contributed by atoms with E-state index < -0.39 is 5.60 Å². The van der Waals surface area contributed by atoms with Crippen molar-refractivity contribution in [1.82, 2.24) is 9.55 Å². The molecule has 3 aromatic carbocycles. The molecule has 7 heteroatoms. The van der Waals surface area contributed by atoms with Crippen LogP contribution in [-0.4, -0.2) is 26.0 Å². The second-order valence-electron chi connectivity index (χ2n) is 9.86. The van der Waals surface area contributed by atoms with Gasteiger partial charge in [0.05, 0.1) is 16.0 Å². The molecular weight excluding hydrogens is 454 g/mol. The maximum absolute atomic E-state index is 12.8. The fourth-order valence-corrected chi connectivity index (χ4v) is 4.28. The molecule has 0 unspecified atom stereocenters. The average molecular weight is 486 g/mol. The first-order valence-corrected chi connectivity index (χ1v) is 12.2. The van der Waals surface area contributed by atoms with Gasteiger partial charge < -0.3 is 9.30 Å². The zero-order valence-electron chi connectivity index (χ0n) is 21.2. The van der Waals surface area contributed by atoms with E-state index in [0.717, 1.165) is 41.8 Å². The highest BCUT2D eigenvalue weighted by Gasteiger charge is 2.22. The van der Waals surface area contributed by atoms with Crippen LogP contribution in [0.3, 0.4) is 0 Å². The molecule has 0 saturated heterocycles. The maximum Gasteiger partial charge on any atom is 0.339 e. The van der Waals surface area contributed by atoms with Gasteiger partial charge in [0.1, 0.15) is 16.9 Å². The lowest BCUT2D eigenvalue weighted by molar-refractivity contribution is -0.383. The van der Waals surface area contributed by atoms with Crippen molar-refractivity contribution in [2.24, 2.45) is 0 Å². The van der Waals surface area contributed by atoms with E-state index in [-0.39, 0.29) is 16.6 Å². The van der Waals surface area contributed by atoms with Crippen LogP contribution in [0.25, 0.3) is 22.2 Å². The predicted octanol–water partition coefficient (Wildman–Crippen LogP) is 6.96. The Bertz CT molecular complexity index is 1400. The number of hydrogen-bond donors (Lipinski definition) is 0. The summed E-state index contributed by atoms with van der Waals surface area (Å²) in [4.78, 5) is 28.9. The van der Waals surface area contributed by atoms with E-state index in [1.807, 2.05) is 73.9 Å². The van der Waals surface area contributed by atoms with Gasteiger partial charge in [-0.2, -0.15) is 0 Å². The number of imidazole rings is 1. The smallest absolute Gasteiger partial charge is 0.339 e. The third-order valence-corrected chi connectivity index (χ3v) is 5.93. The third kappa shape index (κ3) is 5.46. The van der Waals surface area contributed by atoms with E-state index in [9.17, 15) is 14.9 Å². The molecule has 0 spiro atoms. The highest BCUT2D eigenvalue weighted by molar-refractivity contribution is 5.97. The number of benzene rings is 3. The minimum atomic E-state index is -0.584. The van der Waals surface area contributed by atoms with Gasteiger partial charge in [-0.25, -0.2) is 9.78 Å². The standard InChI is InChI=1S/C29H31N3O4/c1-5-6-14-26-30-24-12-9-13-25(32(34)35)27(24)31(26)19-20-15-17-21(18-16-20)22-10-7-8-11-23(22)28(33)36-29(2,3)4/h7-13,15-18H,5-6,14,19H2,1-4H3. The van der Waals surface area contributed by atoms with Crippen molar-refractivity contribution >= 4 is 22.7 Å². The molecule has 0 radical (unpaired) electrons. The molecule has 186 valence electrons. The van der Waals surface area contributed by atoms with Crippen molar-refractivity contribution < 1.29 is 14.5 Å². The summed E-state index contributed by atoms with van der Waals surface area (Å²) in [5.74, 6) is 0.487. The average Bonchev–Trinajstić information content (AvgIpc) is 3.19. The molecule has 1 aromatic heterocycles. The monoisotopic (exact) mass is 485 g/mol. The van der Waals surface area contributed by atoms with Crippen LogP contribution in [0.1, 0.15) is 62.3 Å². The second kappa shape index (κ2) is 10.3. The fourth-order valence-electron chi connectivity index (χ4n) is 4.28. The van der Waals surface area contributed by atoms with E-state index in [1.165, 1.54) is 6.07 Å². The van der Waals surface area contributed by atoms with E-state index in [0.29, 0.717) is 23.1 Å². The number of ether oxygens (including phenoxy) is 1. The summed E-state index contributed by atoms with van der Waals surface area (Å²) in [5.41, 5.74) is 3.86. The first-order chi connectivity index (χ1) is 17.2.